The number of piperidine rings is 1. The van der Waals surface area contributed by atoms with Gasteiger partial charge >= 0.3 is 5.97 Å². The number of aryl methyl sites for hydroxylation is 1. The van der Waals surface area contributed by atoms with E-state index in [1.54, 1.807) is 0 Å². The number of carbonyl (C=O) groups is 1. The molecule has 0 unspecified atom stereocenters. The molecule has 0 amide bonds. The number of hydrogen-bond donors (Lipinski definition) is 0. The molecule has 0 saturated carbocycles. The fraction of sp³-hybridized carbons (Fsp3) is 0.611. The topological polar surface area (TPSA) is 29.5 Å². The van der Waals surface area contributed by atoms with Crippen molar-refractivity contribution in [1.29, 1.82) is 0 Å². The van der Waals surface area contributed by atoms with Crippen molar-refractivity contribution in [3.8, 4) is 0 Å². The summed E-state index contributed by atoms with van der Waals surface area (Å²) in [6.45, 7) is 5.55. The largest absolute Gasteiger partial charge is 0.466 e. The smallest absolute Gasteiger partial charge is 0.307 e. The van der Waals surface area contributed by atoms with Crippen LogP contribution in [0.5, 0.6) is 0 Å². The highest BCUT2D eigenvalue weighted by Crippen LogP contribution is 2.26. The molecule has 0 N–H and O–H groups in total. The van der Waals surface area contributed by atoms with Crippen LogP contribution in [0.3, 0.4) is 0 Å². The summed E-state index contributed by atoms with van der Waals surface area (Å²) in [6, 6.07) is 9.13. The van der Waals surface area contributed by atoms with Crippen LogP contribution in [0.25, 0.3) is 0 Å². The summed E-state index contributed by atoms with van der Waals surface area (Å²) in [6.07, 6.45) is 3.95. The van der Waals surface area contributed by atoms with Crippen LogP contribution in [0.4, 0.5) is 0 Å². The molecule has 1 fully saturated rings. The quantitative estimate of drug-likeness (QED) is 0.780. The van der Waals surface area contributed by atoms with E-state index in [2.05, 4.69) is 43.1 Å². The van der Waals surface area contributed by atoms with Crippen LogP contribution in [0.1, 0.15) is 37.3 Å². The first-order chi connectivity index (χ1) is 10.1. The second-order valence-electron chi connectivity index (χ2n) is 6.24. The van der Waals surface area contributed by atoms with Crippen LogP contribution in [-0.4, -0.2) is 37.1 Å². The van der Waals surface area contributed by atoms with E-state index in [1.807, 2.05) is 6.92 Å². The Balaban J connectivity index is 1.84. The summed E-state index contributed by atoms with van der Waals surface area (Å²) < 4.78 is 5.06. The zero-order valence-electron chi connectivity index (χ0n) is 13.5. The summed E-state index contributed by atoms with van der Waals surface area (Å²) >= 11 is 0. The highest BCUT2D eigenvalue weighted by Gasteiger charge is 2.27. The fourth-order valence-corrected chi connectivity index (χ4v) is 3.31. The van der Waals surface area contributed by atoms with Crippen molar-refractivity contribution >= 4 is 5.97 Å². The summed E-state index contributed by atoms with van der Waals surface area (Å²) in [7, 11) is 2.13. The predicted molar refractivity (Wildman–Crippen MR) is 85.3 cm³/mol. The zero-order valence-corrected chi connectivity index (χ0v) is 13.5. The van der Waals surface area contributed by atoms with E-state index in [1.165, 1.54) is 17.5 Å². The van der Waals surface area contributed by atoms with Gasteiger partial charge in [0.1, 0.15) is 0 Å². The van der Waals surface area contributed by atoms with Crippen molar-refractivity contribution in [2.45, 2.75) is 45.6 Å². The molecule has 1 aliphatic rings. The van der Waals surface area contributed by atoms with Crippen molar-refractivity contribution < 1.29 is 9.53 Å². The van der Waals surface area contributed by atoms with Gasteiger partial charge in [0.15, 0.2) is 0 Å². The molecule has 1 heterocycles. The van der Waals surface area contributed by atoms with Gasteiger partial charge in [0.25, 0.3) is 0 Å². The Hall–Kier alpha value is -1.35. The highest BCUT2D eigenvalue weighted by molar-refractivity contribution is 5.70. The molecule has 1 aliphatic heterocycles. The molecule has 0 radical (unpaired) electrons. The van der Waals surface area contributed by atoms with Gasteiger partial charge in [-0.25, -0.2) is 0 Å². The highest BCUT2D eigenvalue weighted by atomic mass is 16.5. The molecule has 0 aromatic heterocycles. The molecular formula is C18H27NO2. The normalized spacial score (nSPS) is 23.0. The number of hydrogen-bond acceptors (Lipinski definition) is 3. The minimum Gasteiger partial charge on any atom is -0.466 e. The second-order valence-corrected chi connectivity index (χ2v) is 6.24. The van der Waals surface area contributed by atoms with Gasteiger partial charge in [0, 0.05) is 12.6 Å². The van der Waals surface area contributed by atoms with Crippen LogP contribution in [0.15, 0.2) is 24.3 Å². The van der Waals surface area contributed by atoms with Crippen molar-refractivity contribution in [2.75, 3.05) is 20.2 Å². The average Bonchev–Trinajstić information content (AvgIpc) is 2.42. The van der Waals surface area contributed by atoms with E-state index >= 15 is 0 Å². The maximum Gasteiger partial charge on any atom is 0.307 e. The minimum absolute atomic E-state index is 0.0634. The van der Waals surface area contributed by atoms with Gasteiger partial charge in [0.2, 0.25) is 0 Å². The fourth-order valence-electron chi connectivity index (χ4n) is 3.31. The van der Waals surface area contributed by atoms with Gasteiger partial charge in [-0.05, 0) is 51.6 Å². The first kappa shape index (κ1) is 16.0. The van der Waals surface area contributed by atoms with Gasteiger partial charge in [-0.1, -0.05) is 29.8 Å². The molecule has 1 aromatic rings. The van der Waals surface area contributed by atoms with Crippen LogP contribution in [0.2, 0.25) is 0 Å². The van der Waals surface area contributed by atoms with Crippen molar-refractivity contribution in [2.24, 2.45) is 5.92 Å². The van der Waals surface area contributed by atoms with Crippen molar-refractivity contribution in [3.05, 3.63) is 35.4 Å². The first-order valence-electron chi connectivity index (χ1n) is 8.00. The number of esters is 1. The Morgan fingerprint density at radius 1 is 1.38 bits per heavy atom. The Labute approximate surface area is 128 Å². The lowest BCUT2D eigenvalue weighted by Gasteiger charge is -2.37. The summed E-state index contributed by atoms with van der Waals surface area (Å²) in [5, 5.41) is 0. The van der Waals surface area contributed by atoms with Gasteiger partial charge in [-0.2, -0.15) is 0 Å². The lowest BCUT2D eigenvalue weighted by molar-refractivity contribution is -0.144. The molecule has 3 heteroatoms. The van der Waals surface area contributed by atoms with Gasteiger partial charge in [-0.3, -0.25) is 4.79 Å². The maximum atomic E-state index is 11.6. The molecule has 2 rings (SSSR count). The Bertz CT molecular complexity index is 472. The SMILES string of the molecule is CCOC(=O)C[C@H]1CC[C@@H](Cc2cccc(C)c2)CN1C. The van der Waals surface area contributed by atoms with E-state index in [-0.39, 0.29) is 5.97 Å². The van der Waals surface area contributed by atoms with Crippen molar-refractivity contribution in [3.63, 3.8) is 0 Å². The molecule has 1 saturated heterocycles. The molecule has 0 bridgehead atoms. The van der Waals surface area contributed by atoms with Crippen LogP contribution in [-0.2, 0) is 16.0 Å². The number of nitrogens with zero attached hydrogens (tertiary/aromatic N) is 1. The summed E-state index contributed by atoms with van der Waals surface area (Å²) in [5.41, 5.74) is 2.76. The summed E-state index contributed by atoms with van der Waals surface area (Å²) in [5.74, 6) is 0.627. The number of ether oxygens (including phenoxy) is 1. The number of likely N-dealkylation sites (tertiary alicyclic amines) is 1. The molecule has 0 aliphatic carbocycles. The minimum atomic E-state index is -0.0634. The third kappa shape index (κ3) is 4.85. The molecule has 1 aromatic carbocycles. The van der Waals surface area contributed by atoms with Gasteiger partial charge in [0.05, 0.1) is 13.0 Å². The zero-order chi connectivity index (χ0) is 15.2. The predicted octanol–water partition coefficient (Wildman–Crippen LogP) is 3.20. The Morgan fingerprint density at radius 3 is 2.86 bits per heavy atom. The maximum absolute atomic E-state index is 11.6. The third-order valence-corrected chi connectivity index (χ3v) is 4.39. The molecular weight excluding hydrogens is 262 g/mol. The van der Waals surface area contributed by atoms with Gasteiger partial charge < -0.3 is 9.64 Å². The lowest BCUT2D eigenvalue weighted by atomic mass is 9.87. The first-order valence-corrected chi connectivity index (χ1v) is 8.00. The lowest BCUT2D eigenvalue weighted by Crippen LogP contribution is -2.42. The summed E-state index contributed by atoms with van der Waals surface area (Å²) in [4.78, 5) is 14.0. The molecule has 2 atom stereocenters. The number of carbonyl (C=O) groups excluding carboxylic acids is 1. The molecule has 0 spiro atoms. The van der Waals surface area contributed by atoms with Crippen molar-refractivity contribution in [1.82, 2.24) is 4.90 Å². The Morgan fingerprint density at radius 2 is 2.19 bits per heavy atom. The molecule has 3 nitrogen and oxygen atoms in total. The van der Waals surface area contributed by atoms with Gasteiger partial charge in [-0.15, -0.1) is 0 Å². The van der Waals surface area contributed by atoms with E-state index in [9.17, 15) is 4.79 Å². The van der Waals surface area contributed by atoms with E-state index in [0.29, 0.717) is 25.0 Å². The van der Waals surface area contributed by atoms with E-state index in [4.69, 9.17) is 4.74 Å². The van der Waals surface area contributed by atoms with Crippen LogP contribution in [0, 0.1) is 12.8 Å². The molecule has 116 valence electrons. The second kappa shape index (κ2) is 7.60. The van der Waals surface area contributed by atoms with Crippen LogP contribution < -0.4 is 0 Å². The molecule has 21 heavy (non-hydrogen) atoms. The number of benzene rings is 1. The van der Waals surface area contributed by atoms with E-state index in [0.717, 1.165) is 19.4 Å². The third-order valence-electron chi connectivity index (χ3n) is 4.39. The standard InChI is InChI=1S/C18H27NO2/c1-4-21-18(20)12-17-9-8-16(13-19(17)3)11-15-7-5-6-14(2)10-15/h5-7,10,16-17H,4,8-9,11-13H2,1-3H3/t16-,17+/m0/s1. The Kier molecular flexibility index (Phi) is 5.80. The average molecular weight is 289 g/mol. The monoisotopic (exact) mass is 289 g/mol. The number of rotatable bonds is 5. The van der Waals surface area contributed by atoms with E-state index < -0.39 is 0 Å². The van der Waals surface area contributed by atoms with Crippen LogP contribution >= 0.6 is 0 Å².